The molecule has 132 valence electrons. The van der Waals surface area contributed by atoms with Crippen molar-refractivity contribution >= 4 is 5.91 Å². The van der Waals surface area contributed by atoms with Gasteiger partial charge in [0.05, 0.1) is 0 Å². The molecule has 1 aliphatic carbocycles. The van der Waals surface area contributed by atoms with Gasteiger partial charge in [-0.1, -0.05) is 23.4 Å². The molecule has 25 heavy (non-hydrogen) atoms. The number of hydrogen-bond donors (Lipinski definition) is 2. The average Bonchev–Trinajstić information content (AvgIpc) is 3.12. The molecule has 2 atom stereocenters. The number of rotatable bonds is 4. The second-order valence-corrected chi connectivity index (χ2v) is 7.00. The van der Waals surface area contributed by atoms with Gasteiger partial charge in [-0.05, 0) is 43.8 Å². The first-order valence-electron chi connectivity index (χ1n) is 8.65. The summed E-state index contributed by atoms with van der Waals surface area (Å²) in [5.41, 5.74) is 0.458. The second kappa shape index (κ2) is 6.22. The molecular weight excluding hydrogens is 323 g/mol. The molecule has 2 aliphatic rings. The number of halogens is 1. The van der Waals surface area contributed by atoms with Crippen LogP contribution in [0.4, 0.5) is 4.39 Å². The Morgan fingerprint density at radius 3 is 2.84 bits per heavy atom. The van der Waals surface area contributed by atoms with Gasteiger partial charge in [0.15, 0.2) is 5.82 Å². The minimum Gasteiger partial charge on any atom is -0.342 e. The molecule has 1 saturated heterocycles. The zero-order valence-electron chi connectivity index (χ0n) is 14.1. The van der Waals surface area contributed by atoms with Crippen molar-refractivity contribution in [3.8, 4) is 0 Å². The lowest BCUT2D eigenvalue weighted by molar-refractivity contribution is -0.123. The van der Waals surface area contributed by atoms with Gasteiger partial charge in [-0.25, -0.2) is 4.39 Å². The van der Waals surface area contributed by atoms with Crippen molar-refractivity contribution < 1.29 is 13.7 Å². The quantitative estimate of drug-likeness (QED) is 0.888. The zero-order chi connectivity index (χ0) is 17.4. The van der Waals surface area contributed by atoms with Crippen LogP contribution < -0.4 is 10.6 Å². The molecule has 2 heterocycles. The molecular formula is C18H21FN4O2. The summed E-state index contributed by atoms with van der Waals surface area (Å²) in [6, 6.07) is 5.61. The normalized spacial score (nSPS) is 22.6. The Bertz CT molecular complexity index is 785. The number of benzene rings is 1. The van der Waals surface area contributed by atoms with E-state index in [0.717, 1.165) is 32.4 Å². The molecule has 2 N–H and O–H groups in total. The summed E-state index contributed by atoms with van der Waals surface area (Å²) < 4.78 is 19.3. The zero-order valence-corrected chi connectivity index (χ0v) is 14.1. The van der Waals surface area contributed by atoms with E-state index < -0.39 is 11.9 Å². The standard InChI is InChI=1S/C18H21FN4O2/c1-11-21-16(23-25-11)15(12-4-2-3-5-14(12)19)22-17(24)13-10-18(13)6-8-20-9-7-18/h2-5,13,15,20H,6-10H2,1H3,(H,22,24)/t13-,15-/m1/s1. The van der Waals surface area contributed by atoms with E-state index in [4.69, 9.17) is 4.52 Å². The third-order valence-corrected chi connectivity index (χ3v) is 5.41. The van der Waals surface area contributed by atoms with Crippen LogP contribution in [0.15, 0.2) is 28.8 Å². The first-order valence-corrected chi connectivity index (χ1v) is 8.65. The highest BCUT2D eigenvalue weighted by Gasteiger charge is 2.57. The van der Waals surface area contributed by atoms with Gasteiger partial charge in [0, 0.05) is 18.4 Å². The van der Waals surface area contributed by atoms with Crippen LogP contribution in [-0.4, -0.2) is 29.1 Å². The summed E-state index contributed by atoms with van der Waals surface area (Å²) in [6.07, 6.45) is 2.92. The molecule has 1 aliphatic heterocycles. The van der Waals surface area contributed by atoms with Gasteiger partial charge in [0.2, 0.25) is 11.8 Å². The maximum absolute atomic E-state index is 14.3. The van der Waals surface area contributed by atoms with Crippen LogP contribution in [0.5, 0.6) is 0 Å². The maximum atomic E-state index is 14.3. The summed E-state index contributed by atoms with van der Waals surface area (Å²) in [4.78, 5) is 17.0. The first-order chi connectivity index (χ1) is 12.1. The predicted molar refractivity (Wildman–Crippen MR) is 88.1 cm³/mol. The number of amides is 1. The van der Waals surface area contributed by atoms with Crippen molar-refractivity contribution in [1.29, 1.82) is 0 Å². The van der Waals surface area contributed by atoms with Gasteiger partial charge in [-0.15, -0.1) is 0 Å². The van der Waals surface area contributed by atoms with Crippen molar-refractivity contribution in [1.82, 2.24) is 20.8 Å². The van der Waals surface area contributed by atoms with E-state index in [0.29, 0.717) is 11.5 Å². The summed E-state index contributed by atoms with van der Waals surface area (Å²) >= 11 is 0. The van der Waals surface area contributed by atoms with Crippen LogP contribution >= 0.6 is 0 Å². The summed E-state index contributed by atoms with van der Waals surface area (Å²) in [7, 11) is 0. The van der Waals surface area contributed by atoms with Gasteiger partial charge in [-0.3, -0.25) is 4.79 Å². The lowest BCUT2D eigenvalue weighted by Gasteiger charge is -2.24. The van der Waals surface area contributed by atoms with Crippen molar-refractivity contribution in [3.63, 3.8) is 0 Å². The highest BCUT2D eigenvalue weighted by Crippen LogP contribution is 2.58. The molecule has 0 bridgehead atoms. The molecule has 2 aromatic rings. The number of nitrogens with one attached hydrogen (secondary N) is 2. The van der Waals surface area contributed by atoms with E-state index >= 15 is 0 Å². The molecule has 7 heteroatoms. The first kappa shape index (κ1) is 16.2. The number of aryl methyl sites for hydroxylation is 1. The number of carbonyl (C=O) groups excluding carboxylic acids is 1. The number of carbonyl (C=O) groups is 1. The number of nitrogens with zero attached hydrogens (tertiary/aromatic N) is 2. The number of aromatic nitrogens is 2. The van der Waals surface area contributed by atoms with E-state index in [9.17, 15) is 9.18 Å². The van der Waals surface area contributed by atoms with Gasteiger partial charge >= 0.3 is 0 Å². The van der Waals surface area contributed by atoms with E-state index in [-0.39, 0.29) is 23.1 Å². The Morgan fingerprint density at radius 1 is 1.40 bits per heavy atom. The van der Waals surface area contributed by atoms with Crippen molar-refractivity contribution in [2.75, 3.05) is 13.1 Å². The third kappa shape index (κ3) is 3.04. The topological polar surface area (TPSA) is 80.0 Å². The van der Waals surface area contributed by atoms with Crippen LogP contribution in [0.2, 0.25) is 0 Å². The SMILES string of the molecule is Cc1nc([C@H](NC(=O)[C@H]2CC23CCNCC3)c2ccccc2F)no1. The molecule has 1 saturated carbocycles. The molecule has 1 aromatic heterocycles. The van der Waals surface area contributed by atoms with Crippen molar-refractivity contribution in [2.45, 2.75) is 32.2 Å². The largest absolute Gasteiger partial charge is 0.342 e. The fourth-order valence-electron chi connectivity index (χ4n) is 3.86. The molecule has 2 fully saturated rings. The smallest absolute Gasteiger partial charge is 0.224 e. The second-order valence-electron chi connectivity index (χ2n) is 7.00. The van der Waals surface area contributed by atoms with E-state index in [2.05, 4.69) is 20.8 Å². The molecule has 1 spiro atoms. The number of piperidine rings is 1. The maximum Gasteiger partial charge on any atom is 0.224 e. The predicted octanol–water partition coefficient (Wildman–Crippen LogP) is 2.11. The molecule has 0 unspecified atom stereocenters. The van der Waals surface area contributed by atoms with E-state index in [1.54, 1.807) is 25.1 Å². The van der Waals surface area contributed by atoms with Gasteiger partial charge < -0.3 is 15.2 Å². The lowest BCUT2D eigenvalue weighted by Crippen LogP contribution is -2.36. The van der Waals surface area contributed by atoms with Crippen LogP contribution in [0.1, 0.15) is 42.6 Å². The van der Waals surface area contributed by atoms with Crippen LogP contribution in [0.25, 0.3) is 0 Å². The van der Waals surface area contributed by atoms with Crippen LogP contribution in [0.3, 0.4) is 0 Å². The van der Waals surface area contributed by atoms with Gasteiger partial charge in [-0.2, -0.15) is 4.98 Å². The fraction of sp³-hybridized carbons (Fsp3) is 0.500. The third-order valence-electron chi connectivity index (χ3n) is 5.41. The van der Waals surface area contributed by atoms with Crippen LogP contribution in [0, 0.1) is 24.1 Å². The monoisotopic (exact) mass is 344 g/mol. The van der Waals surface area contributed by atoms with E-state index in [1.165, 1.54) is 6.07 Å². The highest BCUT2D eigenvalue weighted by molar-refractivity contribution is 5.83. The van der Waals surface area contributed by atoms with Crippen molar-refractivity contribution in [2.24, 2.45) is 11.3 Å². The Morgan fingerprint density at radius 2 is 2.16 bits per heavy atom. The van der Waals surface area contributed by atoms with E-state index in [1.807, 2.05) is 0 Å². The molecule has 1 amide bonds. The Kier molecular flexibility index (Phi) is 4.03. The molecule has 4 rings (SSSR count). The fourth-order valence-corrected chi connectivity index (χ4v) is 3.86. The summed E-state index contributed by atoms with van der Waals surface area (Å²) in [6.45, 7) is 3.57. The Labute approximate surface area is 145 Å². The molecule has 6 nitrogen and oxygen atoms in total. The minimum atomic E-state index is -0.745. The lowest BCUT2D eigenvalue weighted by atomic mass is 9.91. The average molecular weight is 344 g/mol. The molecule has 0 radical (unpaired) electrons. The Balaban J connectivity index is 1.57. The van der Waals surface area contributed by atoms with Crippen molar-refractivity contribution in [3.05, 3.63) is 47.4 Å². The van der Waals surface area contributed by atoms with Gasteiger partial charge in [0.25, 0.3) is 0 Å². The summed E-state index contributed by atoms with van der Waals surface area (Å²) in [5.74, 6) is 0.180. The van der Waals surface area contributed by atoms with Crippen LogP contribution in [-0.2, 0) is 4.79 Å². The molecule has 1 aromatic carbocycles. The number of hydrogen-bond acceptors (Lipinski definition) is 5. The Hall–Kier alpha value is -2.28. The van der Waals surface area contributed by atoms with Gasteiger partial charge in [0.1, 0.15) is 11.9 Å². The summed E-state index contributed by atoms with van der Waals surface area (Å²) in [5, 5.41) is 10.2. The minimum absolute atomic E-state index is 0.0168. The highest BCUT2D eigenvalue weighted by atomic mass is 19.1.